The number of Topliss-reactive ketones (excluding diaryl/α,β-unsaturated/α-hetero) is 2. The first kappa shape index (κ1) is 26.1. The van der Waals surface area contributed by atoms with Crippen molar-refractivity contribution in [2.75, 3.05) is 7.11 Å². The smallest absolute Gasteiger partial charge is 0.310 e. The molecule has 4 aromatic carbocycles. The molecule has 1 aromatic heterocycles. The Balaban J connectivity index is 0.000000128. The van der Waals surface area contributed by atoms with E-state index < -0.39 is 4.92 Å². The Kier molecular flexibility index (Phi) is 7.24. The molecule has 0 saturated heterocycles. The van der Waals surface area contributed by atoms with Crippen LogP contribution in [-0.2, 0) is 0 Å². The normalized spacial score (nSPS) is 12.4. The number of nitro groups is 1. The number of benzene rings is 4. The van der Waals surface area contributed by atoms with Gasteiger partial charge in [0, 0.05) is 39.3 Å². The van der Waals surface area contributed by atoms with Gasteiger partial charge in [0.15, 0.2) is 23.1 Å². The first-order valence-electron chi connectivity index (χ1n) is 12.4. The fourth-order valence-electron chi connectivity index (χ4n) is 4.61. The Morgan fingerprint density at radius 1 is 0.700 bits per heavy atom. The fraction of sp³-hybridized carbons (Fsp3) is 0.0625. The van der Waals surface area contributed by atoms with Crippen LogP contribution in [0.25, 0.3) is 22.2 Å². The van der Waals surface area contributed by atoms with E-state index in [2.05, 4.69) is 4.98 Å². The molecular formula is C32H22N2O6. The third-order valence-corrected chi connectivity index (χ3v) is 6.53. The van der Waals surface area contributed by atoms with Crippen LogP contribution < -0.4 is 4.74 Å². The zero-order valence-electron chi connectivity index (χ0n) is 21.4. The first-order chi connectivity index (χ1) is 19.4. The lowest BCUT2D eigenvalue weighted by atomic mass is 10.1. The Morgan fingerprint density at radius 3 is 1.88 bits per heavy atom. The molecule has 0 saturated carbocycles. The standard InChI is InChI=1S/C16H9NO.C9H6O2.C7H7NO3/c18-16-12-7-3-2-6-11(12)15-13(16)9-10-5-1-4-8-14(10)17-15;10-8-5-9(11)7-4-2-1-3-6(7)8;1-11-7-5-3-2-4-6(7)8(9)10/h1-9H;1-4H,5H2;2-5H,1H3. The maximum atomic E-state index is 12.3. The number of nitro benzene ring substituents is 1. The average Bonchev–Trinajstić information content (AvgIpc) is 3.44. The van der Waals surface area contributed by atoms with Crippen molar-refractivity contribution in [2.45, 2.75) is 6.42 Å². The number of rotatable bonds is 2. The van der Waals surface area contributed by atoms with Crippen molar-refractivity contribution in [3.05, 3.63) is 135 Å². The molecule has 0 bridgehead atoms. The summed E-state index contributed by atoms with van der Waals surface area (Å²) < 4.78 is 4.76. The van der Waals surface area contributed by atoms with Crippen LogP contribution in [0.3, 0.4) is 0 Å². The minimum Gasteiger partial charge on any atom is -0.490 e. The number of methoxy groups -OCH3 is 1. The molecule has 0 aliphatic heterocycles. The highest BCUT2D eigenvalue weighted by Gasteiger charge is 2.28. The second-order valence-electron chi connectivity index (χ2n) is 8.95. The zero-order valence-corrected chi connectivity index (χ0v) is 21.4. The second kappa shape index (κ2) is 11.1. The Hall–Kier alpha value is -5.50. The monoisotopic (exact) mass is 530 g/mol. The molecule has 8 nitrogen and oxygen atoms in total. The molecule has 0 fully saturated rings. The van der Waals surface area contributed by atoms with Crippen LogP contribution in [0.15, 0.2) is 103 Å². The molecule has 8 heteroatoms. The SMILES string of the molecule is COc1ccccc1[N+](=O)[O-].O=C1CC(=O)c2ccccc21.O=C1c2ccccc2-c2nc3ccccc3cc21. The van der Waals surface area contributed by atoms with Gasteiger partial charge in [0.05, 0.1) is 29.7 Å². The van der Waals surface area contributed by atoms with E-state index in [1.165, 1.54) is 13.2 Å². The van der Waals surface area contributed by atoms with Gasteiger partial charge in [-0.25, -0.2) is 4.98 Å². The summed E-state index contributed by atoms with van der Waals surface area (Å²) in [5.41, 5.74) is 5.33. The van der Waals surface area contributed by atoms with Crippen molar-refractivity contribution >= 4 is 33.9 Å². The van der Waals surface area contributed by atoms with Crippen LogP contribution in [-0.4, -0.2) is 34.4 Å². The van der Waals surface area contributed by atoms with Gasteiger partial charge in [0.1, 0.15) is 0 Å². The van der Waals surface area contributed by atoms with E-state index in [4.69, 9.17) is 4.74 Å². The van der Waals surface area contributed by atoms with Gasteiger partial charge >= 0.3 is 5.69 Å². The highest BCUT2D eigenvalue weighted by Crippen LogP contribution is 2.36. The van der Waals surface area contributed by atoms with Gasteiger partial charge in [0.2, 0.25) is 0 Å². The summed E-state index contributed by atoms with van der Waals surface area (Å²) >= 11 is 0. The highest BCUT2D eigenvalue weighted by atomic mass is 16.6. The number of nitrogens with zero attached hydrogens (tertiary/aromatic N) is 2. The summed E-state index contributed by atoms with van der Waals surface area (Å²) in [6.07, 6.45) is 0.0549. The van der Waals surface area contributed by atoms with E-state index in [0.717, 1.165) is 33.3 Å². The lowest BCUT2D eigenvalue weighted by Gasteiger charge is -2.01. The predicted octanol–water partition coefficient (Wildman–Crippen LogP) is 6.51. The first-order valence-corrected chi connectivity index (χ1v) is 12.4. The average molecular weight is 531 g/mol. The lowest BCUT2D eigenvalue weighted by Crippen LogP contribution is -1.95. The van der Waals surface area contributed by atoms with E-state index >= 15 is 0 Å². The Labute approximate surface area is 229 Å². The van der Waals surface area contributed by atoms with E-state index in [9.17, 15) is 24.5 Å². The van der Waals surface area contributed by atoms with Gasteiger partial charge in [-0.3, -0.25) is 24.5 Å². The number of hydrogen-bond donors (Lipinski definition) is 0. The van der Waals surface area contributed by atoms with Crippen molar-refractivity contribution < 1.29 is 24.0 Å². The number of fused-ring (bicyclic) bond motifs is 5. The molecule has 7 rings (SSSR count). The van der Waals surface area contributed by atoms with Crippen molar-refractivity contribution in [1.29, 1.82) is 0 Å². The van der Waals surface area contributed by atoms with E-state index in [1.54, 1.807) is 42.5 Å². The van der Waals surface area contributed by atoms with Crippen LogP contribution in [0.4, 0.5) is 5.69 Å². The molecular weight excluding hydrogens is 508 g/mol. The Morgan fingerprint density at radius 2 is 1.25 bits per heavy atom. The third-order valence-electron chi connectivity index (χ3n) is 6.53. The molecule has 0 radical (unpaired) electrons. The second-order valence-corrected chi connectivity index (χ2v) is 8.95. The van der Waals surface area contributed by atoms with E-state index in [-0.39, 0.29) is 35.2 Å². The molecule has 196 valence electrons. The van der Waals surface area contributed by atoms with E-state index in [1.807, 2.05) is 54.6 Å². The summed E-state index contributed by atoms with van der Waals surface area (Å²) in [6, 6.07) is 30.7. The Bertz CT molecular complexity index is 1780. The lowest BCUT2D eigenvalue weighted by molar-refractivity contribution is -0.385. The van der Waals surface area contributed by atoms with Crippen LogP contribution in [0.1, 0.15) is 43.1 Å². The summed E-state index contributed by atoms with van der Waals surface area (Å²) in [6.45, 7) is 0. The van der Waals surface area contributed by atoms with Crippen molar-refractivity contribution in [1.82, 2.24) is 4.98 Å². The van der Waals surface area contributed by atoms with Crippen LogP contribution >= 0.6 is 0 Å². The number of aromatic nitrogens is 1. The van der Waals surface area contributed by atoms with Crippen LogP contribution in [0, 0.1) is 10.1 Å². The molecule has 0 spiro atoms. The molecule has 0 N–H and O–H groups in total. The van der Waals surface area contributed by atoms with Gasteiger partial charge in [-0.2, -0.15) is 0 Å². The number of carbonyl (C=O) groups is 3. The zero-order chi connectivity index (χ0) is 28.2. The number of ketones is 3. The molecule has 0 atom stereocenters. The third kappa shape index (κ3) is 4.98. The summed E-state index contributed by atoms with van der Waals surface area (Å²) in [7, 11) is 1.41. The largest absolute Gasteiger partial charge is 0.490 e. The summed E-state index contributed by atoms with van der Waals surface area (Å²) in [5, 5.41) is 11.3. The maximum absolute atomic E-state index is 12.3. The van der Waals surface area contributed by atoms with Gasteiger partial charge in [-0.1, -0.05) is 78.9 Å². The minimum absolute atomic E-state index is 0.00463. The van der Waals surface area contributed by atoms with Crippen molar-refractivity contribution in [3.8, 4) is 17.0 Å². The van der Waals surface area contributed by atoms with Gasteiger partial charge < -0.3 is 4.74 Å². The quantitative estimate of drug-likeness (QED) is 0.142. The summed E-state index contributed by atoms with van der Waals surface area (Å²) in [5.74, 6) is 0.271. The number of pyridine rings is 1. The number of hydrogen-bond acceptors (Lipinski definition) is 7. The van der Waals surface area contributed by atoms with E-state index in [0.29, 0.717) is 11.1 Å². The summed E-state index contributed by atoms with van der Waals surface area (Å²) in [4.78, 5) is 48.9. The molecule has 0 amide bonds. The molecule has 2 aliphatic carbocycles. The number of ether oxygens (including phenoxy) is 1. The fourth-order valence-corrected chi connectivity index (χ4v) is 4.61. The van der Waals surface area contributed by atoms with Gasteiger partial charge in [-0.05, 0) is 18.2 Å². The molecule has 5 aromatic rings. The number of para-hydroxylation sites is 3. The van der Waals surface area contributed by atoms with Gasteiger partial charge in [0.25, 0.3) is 0 Å². The predicted molar refractivity (Wildman–Crippen MR) is 150 cm³/mol. The van der Waals surface area contributed by atoms with Crippen molar-refractivity contribution in [2.24, 2.45) is 0 Å². The molecule has 0 unspecified atom stereocenters. The van der Waals surface area contributed by atoms with Crippen LogP contribution in [0.5, 0.6) is 5.75 Å². The highest BCUT2D eigenvalue weighted by molar-refractivity contribution is 6.24. The molecule has 1 heterocycles. The molecule has 2 aliphatic rings. The maximum Gasteiger partial charge on any atom is 0.310 e. The number of carbonyl (C=O) groups excluding carboxylic acids is 3. The topological polar surface area (TPSA) is 116 Å². The molecule has 40 heavy (non-hydrogen) atoms. The van der Waals surface area contributed by atoms with Gasteiger partial charge in [-0.15, -0.1) is 0 Å². The van der Waals surface area contributed by atoms with Crippen LogP contribution in [0.2, 0.25) is 0 Å². The minimum atomic E-state index is -0.473. The van der Waals surface area contributed by atoms with Crippen molar-refractivity contribution in [3.63, 3.8) is 0 Å².